The molecule has 112 valence electrons. The first-order valence-corrected chi connectivity index (χ1v) is 7.24. The summed E-state index contributed by atoms with van der Waals surface area (Å²) < 4.78 is 0. The fourth-order valence-electron chi connectivity index (χ4n) is 2.12. The number of piperidine rings is 1. The summed E-state index contributed by atoms with van der Waals surface area (Å²) in [5.74, 6) is -1.44. The van der Waals surface area contributed by atoms with Gasteiger partial charge in [-0.05, 0) is 17.9 Å². The van der Waals surface area contributed by atoms with Gasteiger partial charge in [0.1, 0.15) is 11.0 Å². The molecule has 0 aromatic carbocycles. The van der Waals surface area contributed by atoms with Crippen LogP contribution in [0.2, 0.25) is 0 Å². The number of likely N-dealkylation sites (N-methyl/N-ethyl adjacent to an activating group) is 1. The summed E-state index contributed by atoms with van der Waals surface area (Å²) in [6.45, 7) is 1.36. The number of nitrogens with one attached hydrogen (secondary N) is 2. The van der Waals surface area contributed by atoms with Crippen LogP contribution in [0.15, 0.2) is 11.4 Å². The van der Waals surface area contributed by atoms with Crippen LogP contribution in [0.1, 0.15) is 30.1 Å². The molecule has 2 N–H and O–H groups in total. The topological polar surface area (TPSA) is 95.6 Å². The molecule has 8 heteroatoms. The number of anilines is 1. The zero-order valence-electron chi connectivity index (χ0n) is 11.6. The first-order chi connectivity index (χ1) is 9.90. The Morgan fingerprint density at radius 3 is 2.76 bits per heavy atom. The number of amides is 4. The van der Waals surface area contributed by atoms with E-state index in [1.54, 1.807) is 11.4 Å². The SMILES string of the molecule is CC(=O)Nc1sccc1C(=O)N(C)C1CCC(=O)NC1=O. The summed E-state index contributed by atoms with van der Waals surface area (Å²) in [7, 11) is 1.51. The maximum Gasteiger partial charge on any atom is 0.257 e. The van der Waals surface area contributed by atoms with Crippen molar-refractivity contribution < 1.29 is 19.2 Å². The van der Waals surface area contributed by atoms with Crippen LogP contribution in [-0.2, 0) is 14.4 Å². The monoisotopic (exact) mass is 309 g/mol. The summed E-state index contributed by atoms with van der Waals surface area (Å²) in [6.07, 6.45) is 0.503. The van der Waals surface area contributed by atoms with E-state index in [1.165, 1.54) is 30.2 Å². The molecule has 1 aromatic heterocycles. The van der Waals surface area contributed by atoms with Crippen molar-refractivity contribution in [3.63, 3.8) is 0 Å². The number of imide groups is 1. The van der Waals surface area contributed by atoms with Gasteiger partial charge in [0.25, 0.3) is 5.91 Å². The largest absolute Gasteiger partial charge is 0.330 e. The number of carbonyl (C=O) groups excluding carboxylic acids is 4. The summed E-state index contributed by atoms with van der Waals surface area (Å²) >= 11 is 1.24. The Morgan fingerprint density at radius 1 is 1.43 bits per heavy atom. The average Bonchev–Trinajstić information content (AvgIpc) is 2.84. The molecule has 7 nitrogen and oxygen atoms in total. The van der Waals surface area contributed by atoms with Crippen LogP contribution < -0.4 is 10.6 Å². The predicted molar refractivity (Wildman–Crippen MR) is 76.9 cm³/mol. The normalized spacial score (nSPS) is 18.1. The zero-order valence-corrected chi connectivity index (χ0v) is 12.5. The van der Waals surface area contributed by atoms with E-state index in [1.807, 2.05) is 0 Å². The third-order valence-electron chi connectivity index (χ3n) is 3.18. The molecular weight excluding hydrogens is 294 g/mol. The molecule has 0 radical (unpaired) electrons. The van der Waals surface area contributed by atoms with Crippen molar-refractivity contribution in [2.75, 3.05) is 12.4 Å². The van der Waals surface area contributed by atoms with Crippen molar-refractivity contribution >= 4 is 40.0 Å². The summed E-state index contributed by atoms with van der Waals surface area (Å²) in [5, 5.41) is 6.95. The van der Waals surface area contributed by atoms with Crippen molar-refractivity contribution in [1.29, 1.82) is 0 Å². The van der Waals surface area contributed by atoms with E-state index in [4.69, 9.17) is 0 Å². The smallest absolute Gasteiger partial charge is 0.257 e. The molecule has 0 bridgehead atoms. The molecule has 0 saturated carbocycles. The molecular formula is C13H15N3O4S. The molecule has 2 rings (SSSR count). The second-order valence-corrected chi connectivity index (χ2v) is 5.64. The number of rotatable bonds is 3. The summed E-state index contributed by atoms with van der Waals surface area (Å²) in [4.78, 5) is 47.8. The number of nitrogens with zero attached hydrogens (tertiary/aromatic N) is 1. The van der Waals surface area contributed by atoms with E-state index >= 15 is 0 Å². The lowest BCUT2D eigenvalue weighted by atomic mass is 10.0. The van der Waals surface area contributed by atoms with Crippen LogP contribution in [0.4, 0.5) is 5.00 Å². The molecule has 21 heavy (non-hydrogen) atoms. The van der Waals surface area contributed by atoms with Gasteiger partial charge >= 0.3 is 0 Å². The molecule has 1 unspecified atom stereocenters. The van der Waals surface area contributed by atoms with Gasteiger partial charge in [-0.15, -0.1) is 11.3 Å². The van der Waals surface area contributed by atoms with Gasteiger partial charge in [-0.25, -0.2) is 0 Å². The van der Waals surface area contributed by atoms with E-state index in [0.717, 1.165) is 0 Å². The lowest BCUT2D eigenvalue weighted by Crippen LogP contribution is -2.52. The highest BCUT2D eigenvalue weighted by Crippen LogP contribution is 2.25. The van der Waals surface area contributed by atoms with Gasteiger partial charge in [0.15, 0.2) is 0 Å². The number of hydrogen-bond acceptors (Lipinski definition) is 5. The van der Waals surface area contributed by atoms with Crippen LogP contribution in [0.25, 0.3) is 0 Å². The van der Waals surface area contributed by atoms with Crippen molar-refractivity contribution in [3.8, 4) is 0 Å². The van der Waals surface area contributed by atoms with Gasteiger partial charge < -0.3 is 10.2 Å². The Hall–Kier alpha value is -2.22. The van der Waals surface area contributed by atoms with Gasteiger partial charge in [-0.1, -0.05) is 0 Å². The lowest BCUT2D eigenvalue weighted by Gasteiger charge is -2.29. The highest BCUT2D eigenvalue weighted by atomic mass is 32.1. The number of hydrogen-bond donors (Lipinski definition) is 2. The standard InChI is InChI=1S/C13H15N3O4S/c1-7(17)14-12-8(5-6-21-12)13(20)16(2)9-3-4-10(18)15-11(9)19/h5-6,9H,3-4H2,1-2H3,(H,14,17)(H,15,18,19). The van der Waals surface area contributed by atoms with Crippen LogP contribution in [0.5, 0.6) is 0 Å². The minimum Gasteiger partial charge on any atom is -0.330 e. The molecule has 1 fully saturated rings. The Labute approximate surface area is 125 Å². The quantitative estimate of drug-likeness (QED) is 0.799. The zero-order chi connectivity index (χ0) is 15.6. The molecule has 1 aliphatic heterocycles. The van der Waals surface area contributed by atoms with Crippen LogP contribution in [0, 0.1) is 0 Å². The Morgan fingerprint density at radius 2 is 2.14 bits per heavy atom. The molecule has 1 atom stereocenters. The fourth-order valence-corrected chi connectivity index (χ4v) is 2.94. The van der Waals surface area contributed by atoms with Gasteiger partial charge in [-0.3, -0.25) is 24.5 Å². The van der Waals surface area contributed by atoms with Crippen molar-refractivity contribution in [2.45, 2.75) is 25.8 Å². The molecule has 0 spiro atoms. The molecule has 1 saturated heterocycles. The minimum atomic E-state index is -0.680. The minimum absolute atomic E-state index is 0.205. The van der Waals surface area contributed by atoms with E-state index in [2.05, 4.69) is 10.6 Å². The van der Waals surface area contributed by atoms with Crippen LogP contribution in [-0.4, -0.2) is 41.6 Å². The second-order valence-electron chi connectivity index (χ2n) is 4.73. The van der Waals surface area contributed by atoms with E-state index in [0.29, 0.717) is 17.0 Å². The first-order valence-electron chi connectivity index (χ1n) is 6.36. The van der Waals surface area contributed by atoms with Crippen molar-refractivity contribution in [2.24, 2.45) is 0 Å². The fraction of sp³-hybridized carbons (Fsp3) is 0.385. The molecule has 1 aliphatic rings. The predicted octanol–water partition coefficient (Wildman–Crippen LogP) is 0.584. The molecule has 1 aromatic rings. The van der Waals surface area contributed by atoms with Crippen molar-refractivity contribution in [3.05, 3.63) is 17.0 Å². The Bertz CT molecular complexity index is 610. The van der Waals surface area contributed by atoms with Crippen molar-refractivity contribution in [1.82, 2.24) is 10.2 Å². The Kier molecular flexibility index (Phi) is 4.37. The number of thiophene rings is 1. The second kappa shape index (κ2) is 6.04. The first kappa shape index (κ1) is 15.2. The van der Waals surface area contributed by atoms with Gasteiger partial charge in [-0.2, -0.15) is 0 Å². The maximum atomic E-state index is 12.5. The highest BCUT2D eigenvalue weighted by molar-refractivity contribution is 7.14. The van der Waals surface area contributed by atoms with E-state index in [-0.39, 0.29) is 24.1 Å². The average molecular weight is 309 g/mol. The summed E-state index contributed by atoms with van der Waals surface area (Å²) in [6, 6.07) is 0.918. The molecule has 2 heterocycles. The van der Waals surface area contributed by atoms with Crippen LogP contribution >= 0.6 is 11.3 Å². The van der Waals surface area contributed by atoms with Gasteiger partial charge in [0, 0.05) is 20.4 Å². The van der Waals surface area contributed by atoms with Gasteiger partial charge in [0.05, 0.1) is 5.56 Å². The number of carbonyl (C=O) groups is 4. The van der Waals surface area contributed by atoms with Gasteiger partial charge in [0.2, 0.25) is 17.7 Å². The third kappa shape index (κ3) is 3.27. The molecule has 0 aliphatic carbocycles. The maximum absolute atomic E-state index is 12.5. The Balaban J connectivity index is 2.16. The lowest BCUT2D eigenvalue weighted by molar-refractivity contribution is -0.136. The summed E-state index contributed by atoms with van der Waals surface area (Å²) in [5.41, 5.74) is 0.336. The highest BCUT2D eigenvalue weighted by Gasteiger charge is 2.33. The third-order valence-corrected chi connectivity index (χ3v) is 4.01. The van der Waals surface area contributed by atoms with E-state index in [9.17, 15) is 19.2 Å². The molecule has 4 amide bonds. The van der Waals surface area contributed by atoms with Crippen LogP contribution in [0.3, 0.4) is 0 Å². The van der Waals surface area contributed by atoms with E-state index < -0.39 is 11.9 Å².